The zero-order valence-corrected chi connectivity index (χ0v) is 9.92. The average Bonchev–Trinajstić information content (AvgIpc) is 2.28. The molecule has 0 aliphatic heterocycles. The quantitative estimate of drug-likeness (QED) is 0.524. The summed E-state index contributed by atoms with van der Waals surface area (Å²) < 4.78 is 5.44. The van der Waals surface area contributed by atoms with Crippen molar-refractivity contribution < 1.29 is 9.53 Å². The third-order valence-corrected chi connectivity index (χ3v) is 3.30. The van der Waals surface area contributed by atoms with Crippen LogP contribution in [0.4, 0.5) is 0 Å². The minimum absolute atomic E-state index is 0.138. The van der Waals surface area contributed by atoms with Gasteiger partial charge in [-0.25, -0.2) is 4.79 Å². The van der Waals surface area contributed by atoms with Gasteiger partial charge in [-0.15, -0.1) is 0 Å². The maximum absolute atomic E-state index is 11.5. The molecule has 86 valence electrons. The molecule has 0 aromatic rings. The number of carbonyl (C=O) groups excluding carboxylic acids is 1. The smallest absolute Gasteiger partial charge is 0.333 e. The van der Waals surface area contributed by atoms with E-state index in [4.69, 9.17) is 4.74 Å². The van der Waals surface area contributed by atoms with Crippen molar-refractivity contribution in [3.05, 3.63) is 12.2 Å². The molecule has 1 saturated carbocycles. The second-order valence-electron chi connectivity index (χ2n) is 4.43. The first-order valence-corrected chi connectivity index (χ1v) is 6.06. The molecule has 0 spiro atoms. The maximum atomic E-state index is 11.5. The van der Waals surface area contributed by atoms with E-state index >= 15 is 0 Å². The van der Waals surface area contributed by atoms with Gasteiger partial charge in [-0.2, -0.15) is 0 Å². The van der Waals surface area contributed by atoms with E-state index in [1.54, 1.807) is 0 Å². The summed E-state index contributed by atoms with van der Waals surface area (Å²) in [7, 11) is 0. The fourth-order valence-electron chi connectivity index (χ4n) is 2.10. The second kappa shape index (κ2) is 5.94. The van der Waals surface area contributed by atoms with E-state index in [-0.39, 0.29) is 12.1 Å². The average molecular weight is 210 g/mol. The summed E-state index contributed by atoms with van der Waals surface area (Å²) in [5.41, 5.74) is 0.591. The van der Waals surface area contributed by atoms with Gasteiger partial charge in [0.1, 0.15) is 6.10 Å². The third-order valence-electron chi connectivity index (χ3n) is 3.30. The van der Waals surface area contributed by atoms with E-state index in [2.05, 4.69) is 13.5 Å². The molecule has 0 aromatic carbocycles. The zero-order chi connectivity index (χ0) is 11.3. The summed E-state index contributed by atoms with van der Waals surface area (Å²) in [6.07, 6.45) is 6.57. The molecule has 1 rings (SSSR count). The number of hydrogen-bond acceptors (Lipinski definition) is 2. The molecule has 0 bridgehead atoms. The fraction of sp³-hybridized carbons (Fsp3) is 0.769. The lowest BCUT2D eigenvalue weighted by Gasteiger charge is -2.28. The van der Waals surface area contributed by atoms with Gasteiger partial charge in [0.2, 0.25) is 0 Å². The van der Waals surface area contributed by atoms with Gasteiger partial charge in [-0.3, -0.25) is 0 Å². The molecule has 0 amide bonds. The van der Waals surface area contributed by atoms with Crippen LogP contribution < -0.4 is 0 Å². The Bertz CT molecular complexity index is 233. The Morgan fingerprint density at radius 3 is 2.73 bits per heavy atom. The summed E-state index contributed by atoms with van der Waals surface area (Å²) in [5.74, 6) is 0.547. The number of carbonyl (C=O) groups is 1. The topological polar surface area (TPSA) is 26.3 Å². The van der Waals surface area contributed by atoms with Crippen LogP contribution in [-0.4, -0.2) is 12.1 Å². The molecule has 0 radical (unpaired) electrons. The normalized spacial score (nSPS) is 26.0. The molecule has 2 heteroatoms. The molecular formula is C13H22O2. The summed E-state index contributed by atoms with van der Waals surface area (Å²) in [4.78, 5) is 11.5. The third kappa shape index (κ3) is 3.69. The van der Waals surface area contributed by atoms with Crippen LogP contribution in [-0.2, 0) is 9.53 Å². The van der Waals surface area contributed by atoms with Crippen molar-refractivity contribution in [2.75, 3.05) is 0 Å². The lowest BCUT2D eigenvalue weighted by molar-refractivity contribution is -0.146. The second-order valence-corrected chi connectivity index (χ2v) is 4.43. The first-order chi connectivity index (χ1) is 7.17. The highest BCUT2D eigenvalue weighted by atomic mass is 16.5. The van der Waals surface area contributed by atoms with Gasteiger partial charge in [0.25, 0.3) is 0 Å². The molecule has 0 N–H and O–H groups in total. The highest BCUT2D eigenvalue weighted by Crippen LogP contribution is 2.28. The number of rotatable bonds is 4. The van der Waals surface area contributed by atoms with Crippen molar-refractivity contribution in [1.29, 1.82) is 0 Å². The highest BCUT2D eigenvalue weighted by Gasteiger charge is 2.24. The van der Waals surface area contributed by atoms with Crippen molar-refractivity contribution in [2.24, 2.45) is 5.92 Å². The van der Waals surface area contributed by atoms with Gasteiger partial charge < -0.3 is 4.74 Å². The van der Waals surface area contributed by atoms with Gasteiger partial charge in [-0.1, -0.05) is 33.3 Å². The molecule has 1 aliphatic rings. The standard InChI is InChI=1S/C13H22O2/c1-4-10(3)13(14)15-12-8-6-7-11(5-2)9-12/h11-12H,3-9H2,1-2H3. The first kappa shape index (κ1) is 12.3. The lowest BCUT2D eigenvalue weighted by Crippen LogP contribution is -2.25. The van der Waals surface area contributed by atoms with Crippen LogP contribution in [0.3, 0.4) is 0 Å². The van der Waals surface area contributed by atoms with Gasteiger partial charge in [-0.05, 0) is 31.6 Å². The summed E-state index contributed by atoms with van der Waals surface area (Å²) >= 11 is 0. The van der Waals surface area contributed by atoms with Crippen LogP contribution in [0, 0.1) is 5.92 Å². The van der Waals surface area contributed by atoms with Crippen LogP contribution >= 0.6 is 0 Å². The van der Waals surface area contributed by atoms with E-state index in [9.17, 15) is 4.79 Å². The Balaban J connectivity index is 2.37. The molecule has 1 fully saturated rings. The van der Waals surface area contributed by atoms with Crippen molar-refractivity contribution in [3.63, 3.8) is 0 Å². The highest BCUT2D eigenvalue weighted by molar-refractivity contribution is 5.87. The Labute approximate surface area is 92.7 Å². The Morgan fingerprint density at radius 2 is 2.13 bits per heavy atom. The maximum Gasteiger partial charge on any atom is 0.333 e. The SMILES string of the molecule is C=C(CC)C(=O)OC1CCCC(CC)C1. The van der Waals surface area contributed by atoms with Gasteiger partial charge in [0.15, 0.2) is 0 Å². The molecule has 0 heterocycles. The van der Waals surface area contributed by atoms with Crippen LogP contribution in [0.1, 0.15) is 52.4 Å². The lowest BCUT2D eigenvalue weighted by atomic mass is 9.85. The molecular weight excluding hydrogens is 188 g/mol. The van der Waals surface area contributed by atoms with Gasteiger partial charge in [0.05, 0.1) is 0 Å². The predicted molar refractivity (Wildman–Crippen MR) is 61.6 cm³/mol. The monoisotopic (exact) mass is 210 g/mol. The number of hydrogen-bond donors (Lipinski definition) is 0. The summed E-state index contributed by atoms with van der Waals surface area (Å²) in [6, 6.07) is 0. The molecule has 0 saturated heterocycles. The fourth-order valence-corrected chi connectivity index (χ4v) is 2.10. The van der Waals surface area contributed by atoms with Crippen LogP contribution in [0.5, 0.6) is 0 Å². The molecule has 2 unspecified atom stereocenters. The van der Waals surface area contributed by atoms with E-state index in [0.717, 1.165) is 18.8 Å². The predicted octanol–water partition coefficient (Wildman–Crippen LogP) is 3.46. The molecule has 0 aromatic heterocycles. The number of ether oxygens (including phenoxy) is 1. The Kier molecular flexibility index (Phi) is 4.86. The van der Waals surface area contributed by atoms with E-state index in [0.29, 0.717) is 12.0 Å². The van der Waals surface area contributed by atoms with E-state index in [1.165, 1.54) is 19.3 Å². The Morgan fingerprint density at radius 1 is 1.40 bits per heavy atom. The van der Waals surface area contributed by atoms with Crippen molar-refractivity contribution in [2.45, 2.75) is 58.5 Å². The largest absolute Gasteiger partial charge is 0.459 e. The minimum atomic E-state index is -0.195. The minimum Gasteiger partial charge on any atom is -0.459 e. The molecule has 2 nitrogen and oxygen atoms in total. The van der Waals surface area contributed by atoms with E-state index in [1.807, 2.05) is 6.92 Å². The molecule has 1 aliphatic carbocycles. The van der Waals surface area contributed by atoms with Gasteiger partial charge >= 0.3 is 5.97 Å². The van der Waals surface area contributed by atoms with Gasteiger partial charge in [0, 0.05) is 5.57 Å². The zero-order valence-electron chi connectivity index (χ0n) is 9.92. The van der Waals surface area contributed by atoms with Crippen molar-refractivity contribution in [3.8, 4) is 0 Å². The van der Waals surface area contributed by atoms with Crippen LogP contribution in [0.2, 0.25) is 0 Å². The van der Waals surface area contributed by atoms with Crippen molar-refractivity contribution >= 4 is 5.97 Å². The number of esters is 1. The molecule has 2 atom stereocenters. The summed E-state index contributed by atoms with van der Waals surface area (Å²) in [5, 5.41) is 0. The first-order valence-electron chi connectivity index (χ1n) is 6.06. The van der Waals surface area contributed by atoms with E-state index < -0.39 is 0 Å². The van der Waals surface area contributed by atoms with Crippen molar-refractivity contribution in [1.82, 2.24) is 0 Å². The molecule has 15 heavy (non-hydrogen) atoms. The van der Waals surface area contributed by atoms with Crippen LogP contribution in [0.25, 0.3) is 0 Å². The Hall–Kier alpha value is -0.790. The summed E-state index contributed by atoms with van der Waals surface area (Å²) in [6.45, 7) is 7.84. The van der Waals surface area contributed by atoms with Crippen LogP contribution in [0.15, 0.2) is 12.2 Å².